The Morgan fingerprint density at radius 2 is 1.83 bits per heavy atom. The maximum Gasteiger partial charge on any atom is 0.0945 e. The second-order valence-electron chi connectivity index (χ2n) is 6.54. The third kappa shape index (κ3) is 2.76. The van der Waals surface area contributed by atoms with Gasteiger partial charge in [-0.05, 0) is 6.42 Å². The largest absolute Gasteiger partial charge is 0.337 e. The molecule has 0 radical (unpaired) electrons. The first-order chi connectivity index (χ1) is 11.7. The minimum atomic E-state index is 0.952. The number of fused-ring (bicyclic) bond motifs is 1. The highest BCUT2D eigenvalue weighted by Crippen LogP contribution is 2.28. The van der Waals surface area contributed by atoms with E-state index in [1.807, 2.05) is 12.5 Å². The second kappa shape index (κ2) is 6.24. The summed E-state index contributed by atoms with van der Waals surface area (Å²) in [7, 11) is 4.12. The fourth-order valence-electron chi connectivity index (χ4n) is 3.61. The lowest BCUT2D eigenvalue weighted by atomic mass is 10.0. The number of hydrogen-bond acceptors (Lipinski definition) is 3. The Bertz CT molecular complexity index is 831. The van der Waals surface area contributed by atoms with E-state index in [4.69, 9.17) is 5.10 Å². The number of rotatable bonds is 3. The molecule has 0 fully saturated rings. The van der Waals surface area contributed by atoms with Crippen LogP contribution in [0.4, 0.5) is 0 Å². The molecule has 1 aromatic carbocycles. The summed E-state index contributed by atoms with van der Waals surface area (Å²) in [5, 5.41) is 4.81. The van der Waals surface area contributed by atoms with Gasteiger partial charge < -0.3 is 4.57 Å². The SMILES string of the molecule is Cn1cncc1CN1CCc2nn(C)c(-c3ccccc3)c2CC1. The fourth-order valence-corrected chi connectivity index (χ4v) is 3.61. The summed E-state index contributed by atoms with van der Waals surface area (Å²) in [6, 6.07) is 10.6. The van der Waals surface area contributed by atoms with Gasteiger partial charge in [-0.15, -0.1) is 0 Å². The van der Waals surface area contributed by atoms with Crippen LogP contribution >= 0.6 is 0 Å². The van der Waals surface area contributed by atoms with Gasteiger partial charge in [-0.25, -0.2) is 4.98 Å². The highest BCUT2D eigenvalue weighted by molar-refractivity contribution is 5.64. The third-order valence-electron chi connectivity index (χ3n) is 4.92. The van der Waals surface area contributed by atoms with Gasteiger partial charge in [-0.3, -0.25) is 9.58 Å². The average Bonchev–Trinajstić information content (AvgIpc) is 3.07. The predicted octanol–water partition coefficient (Wildman–Crippen LogP) is 2.42. The Balaban J connectivity index is 1.58. The molecule has 5 heteroatoms. The molecule has 0 bridgehead atoms. The van der Waals surface area contributed by atoms with Crippen LogP contribution in [-0.2, 0) is 33.5 Å². The molecule has 0 saturated carbocycles. The lowest BCUT2D eigenvalue weighted by molar-refractivity contribution is 0.272. The summed E-state index contributed by atoms with van der Waals surface area (Å²) in [6.45, 7) is 3.06. The van der Waals surface area contributed by atoms with Crippen LogP contribution in [0.25, 0.3) is 11.3 Å². The maximum atomic E-state index is 4.81. The van der Waals surface area contributed by atoms with Gasteiger partial charge in [0.05, 0.1) is 23.4 Å². The lowest BCUT2D eigenvalue weighted by Gasteiger charge is -2.19. The zero-order valence-corrected chi connectivity index (χ0v) is 14.3. The molecular weight excluding hydrogens is 298 g/mol. The monoisotopic (exact) mass is 321 g/mol. The number of aryl methyl sites for hydroxylation is 2. The highest BCUT2D eigenvalue weighted by atomic mass is 15.3. The van der Waals surface area contributed by atoms with Crippen molar-refractivity contribution in [3.8, 4) is 11.3 Å². The quantitative estimate of drug-likeness (QED) is 0.744. The number of imidazole rings is 1. The van der Waals surface area contributed by atoms with Crippen molar-refractivity contribution in [2.75, 3.05) is 13.1 Å². The minimum Gasteiger partial charge on any atom is -0.337 e. The van der Waals surface area contributed by atoms with Gasteiger partial charge in [0.25, 0.3) is 0 Å². The molecule has 0 saturated heterocycles. The van der Waals surface area contributed by atoms with Gasteiger partial charge in [-0.2, -0.15) is 5.10 Å². The van der Waals surface area contributed by atoms with Crippen molar-refractivity contribution in [1.82, 2.24) is 24.2 Å². The van der Waals surface area contributed by atoms with Crippen LogP contribution < -0.4 is 0 Å². The molecule has 3 heterocycles. The Hall–Kier alpha value is -2.40. The van der Waals surface area contributed by atoms with Crippen LogP contribution in [0.1, 0.15) is 17.0 Å². The van der Waals surface area contributed by atoms with Gasteiger partial charge in [0, 0.05) is 57.5 Å². The van der Waals surface area contributed by atoms with Crippen molar-refractivity contribution in [2.24, 2.45) is 14.1 Å². The van der Waals surface area contributed by atoms with Crippen molar-refractivity contribution in [2.45, 2.75) is 19.4 Å². The molecule has 1 aliphatic heterocycles. The van der Waals surface area contributed by atoms with E-state index in [9.17, 15) is 0 Å². The van der Waals surface area contributed by atoms with E-state index in [1.165, 1.54) is 28.2 Å². The normalized spacial score (nSPS) is 15.2. The van der Waals surface area contributed by atoms with Crippen LogP contribution in [0.3, 0.4) is 0 Å². The fraction of sp³-hybridized carbons (Fsp3) is 0.368. The summed E-state index contributed by atoms with van der Waals surface area (Å²) >= 11 is 0. The molecule has 0 atom stereocenters. The van der Waals surface area contributed by atoms with Crippen LogP contribution in [-0.4, -0.2) is 37.3 Å². The molecular formula is C19H23N5. The summed E-state index contributed by atoms with van der Waals surface area (Å²) in [5.74, 6) is 0. The minimum absolute atomic E-state index is 0.952. The lowest BCUT2D eigenvalue weighted by Crippen LogP contribution is -2.27. The van der Waals surface area contributed by atoms with Gasteiger partial charge in [0.15, 0.2) is 0 Å². The second-order valence-corrected chi connectivity index (χ2v) is 6.54. The van der Waals surface area contributed by atoms with Crippen molar-refractivity contribution >= 4 is 0 Å². The molecule has 0 unspecified atom stereocenters. The van der Waals surface area contributed by atoms with E-state index in [1.54, 1.807) is 0 Å². The first kappa shape index (κ1) is 15.1. The van der Waals surface area contributed by atoms with Crippen LogP contribution in [0.2, 0.25) is 0 Å². The molecule has 1 aliphatic rings. The van der Waals surface area contributed by atoms with Crippen LogP contribution in [0.5, 0.6) is 0 Å². The first-order valence-electron chi connectivity index (χ1n) is 8.50. The van der Waals surface area contributed by atoms with Crippen molar-refractivity contribution in [3.63, 3.8) is 0 Å². The van der Waals surface area contributed by atoms with Crippen molar-refractivity contribution < 1.29 is 0 Å². The van der Waals surface area contributed by atoms with E-state index < -0.39 is 0 Å². The molecule has 0 amide bonds. The summed E-state index contributed by atoms with van der Waals surface area (Å²) in [6.07, 6.45) is 5.89. The molecule has 0 N–H and O–H groups in total. The third-order valence-corrected chi connectivity index (χ3v) is 4.92. The summed E-state index contributed by atoms with van der Waals surface area (Å²) in [4.78, 5) is 6.73. The van der Waals surface area contributed by atoms with E-state index >= 15 is 0 Å². The topological polar surface area (TPSA) is 38.9 Å². The van der Waals surface area contributed by atoms with Gasteiger partial charge in [0.1, 0.15) is 0 Å². The van der Waals surface area contributed by atoms with Crippen molar-refractivity contribution in [1.29, 1.82) is 0 Å². The standard InChI is InChI=1S/C19H23N5/c1-22-14-20-12-16(22)13-24-10-8-17-18(9-11-24)21-23(2)19(17)15-6-4-3-5-7-15/h3-7,12,14H,8-11,13H2,1-2H3. The molecule has 24 heavy (non-hydrogen) atoms. The Morgan fingerprint density at radius 1 is 1.04 bits per heavy atom. The van der Waals surface area contributed by atoms with Gasteiger partial charge in [-0.1, -0.05) is 30.3 Å². The zero-order valence-electron chi connectivity index (χ0n) is 14.3. The number of nitrogens with zero attached hydrogens (tertiary/aromatic N) is 5. The Morgan fingerprint density at radius 3 is 2.58 bits per heavy atom. The first-order valence-corrected chi connectivity index (χ1v) is 8.50. The van der Waals surface area contributed by atoms with E-state index in [0.29, 0.717) is 0 Å². The molecule has 2 aromatic heterocycles. The summed E-state index contributed by atoms with van der Waals surface area (Å²) in [5.41, 5.74) is 6.46. The van der Waals surface area contributed by atoms with Crippen molar-refractivity contribution in [3.05, 3.63) is 59.8 Å². The molecule has 124 valence electrons. The Labute approximate surface area is 142 Å². The van der Waals surface area contributed by atoms with E-state index in [0.717, 1.165) is 32.5 Å². The van der Waals surface area contributed by atoms with Crippen LogP contribution in [0, 0.1) is 0 Å². The predicted molar refractivity (Wildman–Crippen MR) is 94.5 cm³/mol. The van der Waals surface area contributed by atoms with E-state index in [2.05, 4.69) is 63.6 Å². The molecule has 5 nitrogen and oxygen atoms in total. The van der Waals surface area contributed by atoms with Crippen LogP contribution in [0.15, 0.2) is 42.9 Å². The maximum absolute atomic E-state index is 4.81. The van der Waals surface area contributed by atoms with Gasteiger partial charge in [0.2, 0.25) is 0 Å². The summed E-state index contributed by atoms with van der Waals surface area (Å²) < 4.78 is 4.16. The zero-order chi connectivity index (χ0) is 16.5. The Kier molecular flexibility index (Phi) is 3.94. The number of hydrogen-bond donors (Lipinski definition) is 0. The number of benzene rings is 1. The van der Waals surface area contributed by atoms with Gasteiger partial charge >= 0.3 is 0 Å². The smallest absolute Gasteiger partial charge is 0.0945 e. The number of aromatic nitrogens is 4. The molecule has 3 aromatic rings. The molecule has 0 aliphatic carbocycles. The van der Waals surface area contributed by atoms with E-state index in [-0.39, 0.29) is 0 Å². The molecule has 0 spiro atoms. The molecule has 4 rings (SSSR count). The highest BCUT2D eigenvalue weighted by Gasteiger charge is 2.22. The average molecular weight is 321 g/mol.